The van der Waals surface area contributed by atoms with Crippen molar-refractivity contribution in [3.8, 4) is 0 Å². The van der Waals surface area contributed by atoms with Gasteiger partial charge in [-0.05, 0) is 58.8 Å². The maximum atomic E-state index is 3.55. The van der Waals surface area contributed by atoms with E-state index in [0.717, 1.165) is 5.92 Å². The average molecular weight is 253 g/mol. The quantitative estimate of drug-likeness (QED) is 0.746. The maximum absolute atomic E-state index is 3.55. The fourth-order valence-corrected chi connectivity index (χ4v) is 3.58. The Hall–Kier alpha value is -0.120. The maximum Gasteiger partial charge on any atom is 0.0220 e. The van der Waals surface area contributed by atoms with Crippen LogP contribution in [-0.4, -0.2) is 62.7 Å². The summed E-state index contributed by atoms with van der Waals surface area (Å²) in [6.07, 6.45) is 8.58. The number of hydrogen-bond donors (Lipinski definition) is 1. The van der Waals surface area contributed by atoms with E-state index in [1.807, 2.05) is 0 Å². The average Bonchev–Trinajstić information content (AvgIpc) is 3.05. The number of likely N-dealkylation sites (tertiary alicyclic amines) is 1. The summed E-state index contributed by atoms with van der Waals surface area (Å²) in [5, 5.41) is 3.55. The standard InChI is InChI=1S/C15H31N3/c1-16-15(14-7-3-4-8-14)13-17(2)11-12-18-9-5-6-10-18/h14-16H,3-13H2,1-2H3. The molecule has 18 heavy (non-hydrogen) atoms. The van der Waals surface area contributed by atoms with Crippen molar-refractivity contribution in [1.29, 1.82) is 0 Å². The van der Waals surface area contributed by atoms with E-state index >= 15 is 0 Å². The van der Waals surface area contributed by atoms with Gasteiger partial charge in [0.05, 0.1) is 0 Å². The molecule has 1 unspecified atom stereocenters. The van der Waals surface area contributed by atoms with Crippen LogP contribution in [0.5, 0.6) is 0 Å². The predicted octanol–water partition coefficient (Wildman–Crippen LogP) is 1.79. The van der Waals surface area contributed by atoms with Crippen molar-refractivity contribution >= 4 is 0 Å². The summed E-state index contributed by atoms with van der Waals surface area (Å²) >= 11 is 0. The molecule has 3 heteroatoms. The first kappa shape index (κ1) is 14.3. The number of nitrogens with one attached hydrogen (secondary N) is 1. The SMILES string of the molecule is CNC(CN(C)CCN1CCCC1)C1CCCC1. The van der Waals surface area contributed by atoms with Gasteiger partial charge in [0.1, 0.15) is 0 Å². The minimum atomic E-state index is 0.705. The Labute approximate surface area is 113 Å². The third-order valence-electron chi connectivity index (χ3n) is 4.84. The molecule has 0 amide bonds. The Balaban J connectivity index is 1.65. The lowest BCUT2D eigenvalue weighted by molar-refractivity contribution is 0.217. The smallest absolute Gasteiger partial charge is 0.0220 e. The fourth-order valence-electron chi connectivity index (χ4n) is 3.58. The van der Waals surface area contributed by atoms with Gasteiger partial charge in [0.15, 0.2) is 0 Å². The molecule has 1 N–H and O–H groups in total. The van der Waals surface area contributed by atoms with Crippen molar-refractivity contribution in [2.24, 2.45) is 5.92 Å². The van der Waals surface area contributed by atoms with Gasteiger partial charge in [0, 0.05) is 25.7 Å². The van der Waals surface area contributed by atoms with Crippen molar-refractivity contribution in [2.75, 3.05) is 46.8 Å². The summed E-state index contributed by atoms with van der Waals surface area (Å²) in [5.41, 5.74) is 0. The molecule has 0 aromatic rings. The summed E-state index contributed by atoms with van der Waals surface area (Å²) < 4.78 is 0. The second-order valence-electron chi connectivity index (χ2n) is 6.25. The molecular formula is C15H31N3. The molecule has 0 spiro atoms. The number of hydrogen-bond acceptors (Lipinski definition) is 3. The van der Waals surface area contributed by atoms with Crippen LogP contribution in [-0.2, 0) is 0 Å². The van der Waals surface area contributed by atoms with E-state index in [2.05, 4.69) is 29.2 Å². The van der Waals surface area contributed by atoms with Gasteiger partial charge in [0.25, 0.3) is 0 Å². The fraction of sp³-hybridized carbons (Fsp3) is 1.00. The van der Waals surface area contributed by atoms with Crippen LogP contribution in [0.4, 0.5) is 0 Å². The molecule has 1 saturated carbocycles. The minimum absolute atomic E-state index is 0.705. The van der Waals surface area contributed by atoms with Crippen molar-refractivity contribution < 1.29 is 0 Å². The molecule has 1 heterocycles. The van der Waals surface area contributed by atoms with E-state index in [4.69, 9.17) is 0 Å². The highest BCUT2D eigenvalue weighted by atomic mass is 15.2. The van der Waals surface area contributed by atoms with Gasteiger partial charge in [-0.2, -0.15) is 0 Å². The molecule has 1 aliphatic heterocycles. The van der Waals surface area contributed by atoms with Crippen molar-refractivity contribution in [3.63, 3.8) is 0 Å². The molecule has 1 atom stereocenters. The van der Waals surface area contributed by atoms with E-state index < -0.39 is 0 Å². The van der Waals surface area contributed by atoms with Crippen LogP contribution in [0.2, 0.25) is 0 Å². The normalized spacial score (nSPS) is 24.2. The molecule has 2 aliphatic rings. The van der Waals surface area contributed by atoms with Crippen molar-refractivity contribution in [2.45, 2.75) is 44.6 Å². The summed E-state index contributed by atoms with van der Waals surface area (Å²) in [5.74, 6) is 0.921. The molecular weight excluding hydrogens is 222 g/mol. The molecule has 3 nitrogen and oxygen atoms in total. The van der Waals surface area contributed by atoms with Crippen LogP contribution in [0.1, 0.15) is 38.5 Å². The van der Waals surface area contributed by atoms with Crippen molar-refractivity contribution in [3.05, 3.63) is 0 Å². The molecule has 0 aromatic carbocycles. The van der Waals surface area contributed by atoms with E-state index in [9.17, 15) is 0 Å². The zero-order valence-electron chi connectivity index (χ0n) is 12.3. The summed E-state index contributed by atoms with van der Waals surface area (Å²) in [7, 11) is 4.42. The molecule has 1 saturated heterocycles. The van der Waals surface area contributed by atoms with Crippen LogP contribution < -0.4 is 5.32 Å². The third-order valence-corrected chi connectivity index (χ3v) is 4.84. The lowest BCUT2D eigenvalue weighted by Crippen LogP contribution is -2.44. The highest BCUT2D eigenvalue weighted by molar-refractivity contribution is 4.82. The monoisotopic (exact) mass is 253 g/mol. The van der Waals surface area contributed by atoms with Crippen LogP contribution >= 0.6 is 0 Å². The summed E-state index contributed by atoms with van der Waals surface area (Å²) in [4.78, 5) is 5.14. The molecule has 0 bridgehead atoms. The molecule has 0 radical (unpaired) electrons. The first-order valence-electron chi connectivity index (χ1n) is 7.88. The lowest BCUT2D eigenvalue weighted by atomic mass is 9.98. The van der Waals surface area contributed by atoms with E-state index in [0.29, 0.717) is 6.04 Å². The third kappa shape index (κ3) is 4.22. The highest BCUT2D eigenvalue weighted by Gasteiger charge is 2.24. The Kier molecular flexibility index (Phi) is 5.93. The Bertz CT molecular complexity index is 220. The van der Waals surface area contributed by atoms with Gasteiger partial charge >= 0.3 is 0 Å². The van der Waals surface area contributed by atoms with Gasteiger partial charge in [-0.25, -0.2) is 0 Å². The highest BCUT2D eigenvalue weighted by Crippen LogP contribution is 2.27. The summed E-state index contributed by atoms with van der Waals surface area (Å²) in [6.45, 7) is 6.36. The van der Waals surface area contributed by atoms with Crippen molar-refractivity contribution in [1.82, 2.24) is 15.1 Å². The largest absolute Gasteiger partial charge is 0.315 e. The minimum Gasteiger partial charge on any atom is -0.315 e. The first-order valence-corrected chi connectivity index (χ1v) is 7.88. The number of likely N-dealkylation sites (N-methyl/N-ethyl adjacent to an activating group) is 2. The second kappa shape index (κ2) is 7.46. The zero-order chi connectivity index (χ0) is 12.8. The van der Waals surface area contributed by atoms with Crippen LogP contribution in [0.25, 0.3) is 0 Å². The topological polar surface area (TPSA) is 18.5 Å². The van der Waals surface area contributed by atoms with Gasteiger partial charge in [0.2, 0.25) is 0 Å². The summed E-state index contributed by atoms with van der Waals surface area (Å²) in [6, 6.07) is 0.705. The molecule has 2 fully saturated rings. The zero-order valence-corrected chi connectivity index (χ0v) is 12.3. The lowest BCUT2D eigenvalue weighted by Gasteiger charge is -2.29. The Morgan fingerprint density at radius 1 is 1.17 bits per heavy atom. The molecule has 0 aromatic heterocycles. The molecule has 106 valence electrons. The van der Waals surface area contributed by atoms with Gasteiger partial charge < -0.3 is 15.1 Å². The molecule has 1 aliphatic carbocycles. The Morgan fingerprint density at radius 2 is 1.83 bits per heavy atom. The van der Waals surface area contributed by atoms with Crippen LogP contribution in [0.3, 0.4) is 0 Å². The van der Waals surface area contributed by atoms with Gasteiger partial charge in [-0.1, -0.05) is 12.8 Å². The molecule has 2 rings (SSSR count). The van der Waals surface area contributed by atoms with E-state index in [1.165, 1.54) is 71.2 Å². The van der Waals surface area contributed by atoms with Gasteiger partial charge in [-0.15, -0.1) is 0 Å². The van der Waals surface area contributed by atoms with E-state index in [-0.39, 0.29) is 0 Å². The van der Waals surface area contributed by atoms with Crippen LogP contribution in [0, 0.1) is 5.92 Å². The van der Waals surface area contributed by atoms with E-state index in [1.54, 1.807) is 0 Å². The predicted molar refractivity (Wildman–Crippen MR) is 78.0 cm³/mol. The van der Waals surface area contributed by atoms with Crippen LogP contribution in [0.15, 0.2) is 0 Å². The Morgan fingerprint density at radius 3 is 2.44 bits per heavy atom. The number of nitrogens with zero attached hydrogens (tertiary/aromatic N) is 2. The first-order chi connectivity index (χ1) is 8.79. The van der Waals surface area contributed by atoms with Gasteiger partial charge in [-0.3, -0.25) is 0 Å². The number of rotatable bonds is 7. The second-order valence-corrected chi connectivity index (χ2v) is 6.25.